The van der Waals surface area contributed by atoms with Crippen molar-refractivity contribution >= 4 is 11.3 Å². The topological polar surface area (TPSA) is 112 Å². The van der Waals surface area contributed by atoms with Gasteiger partial charge in [0.25, 0.3) is 0 Å². The molecular formula is C34H39N7O3. The molecule has 4 aromatic heterocycles. The molecule has 228 valence electrons. The van der Waals surface area contributed by atoms with E-state index in [2.05, 4.69) is 26.0 Å². The Balaban J connectivity index is 1.03. The predicted octanol–water partition coefficient (Wildman–Crippen LogP) is 4.12. The molecule has 0 aliphatic carbocycles. The summed E-state index contributed by atoms with van der Waals surface area (Å²) in [5, 5.41) is 25.4. The molecule has 4 aromatic rings. The van der Waals surface area contributed by atoms with Crippen LogP contribution in [0.5, 0.6) is 5.75 Å². The maximum absolute atomic E-state index is 11.2. The van der Waals surface area contributed by atoms with Gasteiger partial charge in [0.05, 0.1) is 29.1 Å². The van der Waals surface area contributed by atoms with Crippen LogP contribution in [0, 0.1) is 16.7 Å². The van der Waals surface area contributed by atoms with Crippen molar-refractivity contribution in [3.63, 3.8) is 0 Å². The van der Waals surface area contributed by atoms with Crippen molar-refractivity contribution in [1.29, 1.82) is 5.26 Å². The van der Waals surface area contributed by atoms with E-state index in [0.29, 0.717) is 42.6 Å². The number of nitriles is 1. The van der Waals surface area contributed by atoms with E-state index in [1.165, 1.54) is 6.42 Å². The van der Waals surface area contributed by atoms with E-state index in [4.69, 9.17) is 14.5 Å². The predicted molar refractivity (Wildman–Crippen MR) is 167 cm³/mol. The largest absolute Gasteiger partial charge is 0.491 e. The third kappa shape index (κ3) is 6.00. The lowest BCUT2D eigenvalue weighted by molar-refractivity contribution is 0.0155. The average Bonchev–Trinajstić information content (AvgIpc) is 3.65. The van der Waals surface area contributed by atoms with Crippen molar-refractivity contribution in [2.75, 3.05) is 57.4 Å². The number of aromatic nitrogens is 4. The molecule has 0 bridgehead atoms. The lowest BCUT2D eigenvalue weighted by atomic mass is 9.80. The van der Waals surface area contributed by atoms with Gasteiger partial charge in [-0.1, -0.05) is 6.07 Å². The summed E-state index contributed by atoms with van der Waals surface area (Å²) < 4.78 is 13.6. The third-order valence-corrected chi connectivity index (χ3v) is 9.77. The van der Waals surface area contributed by atoms with Crippen LogP contribution in [0.3, 0.4) is 0 Å². The fourth-order valence-electron chi connectivity index (χ4n) is 7.10. The van der Waals surface area contributed by atoms with Gasteiger partial charge in [0, 0.05) is 75.0 Å². The number of ether oxygens (including phenoxy) is 2. The third-order valence-electron chi connectivity index (χ3n) is 9.77. The molecule has 3 aliphatic rings. The number of rotatable bonds is 8. The molecule has 0 aromatic carbocycles. The Morgan fingerprint density at radius 3 is 2.61 bits per heavy atom. The van der Waals surface area contributed by atoms with Gasteiger partial charge in [-0.2, -0.15) is 10.4 Å². The standard InChI is InChI=1S/C34H39N7O3/c35-21-27-23-38-41-24-29(44-18-15-39-12-6-33(25-39)9-16-43-17-10-33)19-30(32(27)41)26-4-5-31(37-22-26)40-13-7-34(42,8-14-40)20-28-3-1-2-11-36-28/h1-5,11,19,22-24,42H,6-10,12-18,20,25H2. The smallest absolute Gasteiger partial charge is 0.138 e. The van der Waals surface area contributed by atoms with E-state index in [1.807, 2.05) is 48.8 Å². The molecule has 0 unspecified atom stereocenters. The second-order valence-electron chi connectivity index (χ2n) is 12.7. The zero-order valence-electron chi connectivity index (χ0n) is 25.1. The van der Waals surface area contributed by atoms with Crippen molar-refractivity contribution in [1.82, 2.24) is 24.5 Å². The second kappa shape index (κ2) is 12.2. The van der Waals surface area contributed by atoms with Crippen LogP contribution in [0.2, 0.25) is 0 Å². The highest BCUT2D eigenvalue weighted by molar-refractivity contribution is 5.85. The first kappa shape index (κ1) is 28.7. The van der Waals surface area contributed by atoms with Crippen LogP contribution >= 0.6 is 0 Å². The van der Waals surface area contributed by atoms with Gasteiger partial charge in [-0.15, -0.1) is 0 Å². The van der Waals surface area contributed by atoms with E-state index in [1.54, 1.807) is 16.9 Å². The molecule has 3 aliphatic heterocycles. The Hall–Kier alpha value is -4.04. The molecule has 1 spiro atoms. The molecule has 10 nitrogen and oxygen atoms in total. The maximum atomic E-state index is 11.2. The van der Waals surface area contributed by atoms with Crippen LogP contribution in [0.1, 0.15) is 43.4 Å². The number of fused-ring (bicyclic) bond motifs is 1. The van der Waals surface area contributed by atoms with Crippen molar-refractivity contribution in [3.05, 3.63) is 72.4 Å². The lowest BCUT2D eigenvalue weighted by Crippen LogP contribution is -2.46. The molecule has 0 radical (unpaired) electrons. The normalized spacial score (nSPS) is 19.8. The number of aliphatic hydroxyl groups is 1. The Kier molecular flexibility index (Phi) is 7.93. The molecule has 0 amide bonds. The van der Waals surface area contributed by atoms with E-state index >= 15 is 0 Å². The second-order valence-corrected chi connectivity index (χ2v) is 12.7. The van der Waals surface area contributed by atoms with Gasteiger partial charge in [-0.25, -0.2) is 9.50 Å². The summed E-state index contributed by atoms with van der Waals surface area (Å²) in [6.07, 6.45) is 12.5. The molecule has 1 N–H and O–H groups in total. The Morgan fingerprint density at radius 1 is 1.00 bits per heavy atom. The SMILES string of the molecule is N#Cc1cnn2cc(OCCN3CCC4(CCOCC4)C3)cc(-c3ccc(N4CCC(O)(Cc5ccccn5)CC4)nc3)c12. The minimum Gasteiger partial charge on any atom is -0.491 e. The number of hydrogen-bond acceptors (Lipinski definition) is 9. The van der Waals surface area contributed by atoms with Crippen LogP contribution in [0.4, 0.5) is 5.82 Å². The van der Waals surface area contributed by atoms with Crippen LogP contribution in [0.15, 0.2) is 61.2 Å². The van der Waals surface area contributed by atoms with E-state index in [-0.39, 0.29) is 0 Å². The molecule has 3 fully saturated rings. The summed E-state index contributed by atoms with van der Waals surface area (Å²) in [5.41, 5.74) is 3.59. The summed E-state index contributed by atoms with van der Waals surface area (Å²) in [6.45, 7) is 6.89. The number of hydrogen-bond donors (Lipinski definition) is 1. The van der Waals surface area contributed by atoms with Gasteiger partial charge in [-0.05, 0) is 74.4 Å². The van der Waals surface area contributed by atoms with Gasteiger partial charge in [0.1, 0.15) is 24.2 Å². The quantitative estimate of drug-likeness (QED) is 0.322. The maximum Gasteiger partial charge on any atom is 0.138 e. The lowest BCUT2D eigenvalue weighted by Gasteiger charge is -2.38. The summed E-state index contributed by atoms with van der Waals surface area (Å²) >= 11 is 0. The van der Waals surface area contributed by atoms with Crippen molar-refractivity contribution in [2.24, 2.45) is 5.41 Å². The van der Waals surface area contributed by atoms with Crippen LogP contribution < -0.4 is 9.64 Å². The highest BCUT2D eigenvalue weighted by atomic mass is 16.5. The van der Waals surface area contributed by atoms with E-state index in [0.717, 1.165) is 86.9 Å². The number of likely N-dealkylation sites (tertiary alicyclic amines) is 1. The molecule has 7 heterocycles. The summed E-state index contributed by atoms with van der Waals surface area (Å²) in [6, 6.07) is 14.2. The number of pyridine rings is 3. The minimum atomic E-state index is -0.756. The molecule has 7 rings (SSSR count). The first-order valence-corrected chi connectivity index (χ1v) is 15.7. The Labute approximate surface area is 257 Å². The Morgan fingerprint density at radius 2 is 1.86 bits per heavy atom. The first-order valence-electron chi connectivity index (χ1n) is 15.7. The highest BCUT2D eigenvalue weighted by Gasteiger charge is 2.39. The summed E-state index contributed by atoms with van der Waals surface area (Å²) in [7, 11) is 0. The van der Waals surface area contributed by atoms with Crippen molar-refractivity contribution in [2.45, 2.75) is 44.1 Å². The zero-order valence-corrected chi connectivity index (χ0v) is 25.1. The first-order chi connectivity index (χ1) is 21.5. The molecule has 10 heteroatoms. The number of anilines is 1. The van der Waals surface area contributed by atoms with Crippen LogP contribution in [-0.4, -0.2) is 87.7 Å². The monoisotopic (exact) mass is 593 g/mol. The number of piperidine rings is 1. The minimum absolute atomic E-state index is 0.418. The molecule has 0 atom stereocenters. The van der Waals surface area contributed by atoms with Crippen LogP contribution in [0.25, 0.3) is 16.6 Å². The van der Waals surface area contributed by atoms with Crippen molar-refractivity contribution in [3.8, 4) is 22.9 Å². The molecule has 44 heavy (non-hydrogen) atoms. The fraction of sp³-hybridized carbons (Fsp3) is 0.471. The van der Waals surface area contributed by atoms with E-state index in [9.17, 15) is 10.4 Å². The van der Waals surface area contributed by atoms with Gasteiger partial charge in [-0.3, -0.25) is 9.88 Å². The van der Waals surface area contributed by atoms with Gasteiger partial charge < -0.3 is 19.5 Å². The van der Waals surface area contributed by atoms with Gasteiger partial charge in [0.15, 0.2) is 0 Å². The van der Waals surface area contributed by atoms with Gasteiger partial charge >= 0.3 is 0 Å². The molecule has 0 saturated carbocycles. The van der Waals surface area contributed by atoms with Gasteiger partial charge in [0.2, 0.25) is 0 Å². The number of nitrogens with zero attached hydrogens (tertiary/aromatic N) is 7. The Bertz CT molecular complexity index is 1620. The fourth-order valence-corrected chi connectivity index (χ4v) is 7.10. The van der Waals surface area contributed by atoms with Crippen LogP contribution in [-0.2, 0) is 11.2 Å². The summed E-state index contributed by atoms with van der Waals surface area (Å²) in [4.78, 5) is 13.9. The zero-order chi connectivity index (χ0) is 30.0. The average molecular weight is 594 g/mol. The van der Waals surface area contributed by atoms with Crippen molar-refractivity contribution < 1.29 is 14.6 Å². The van der Waals surface area contributed by atoms with E-state index < -0.39 is 5.60 Å². The molecular weight excluding hydrogens is 554 g/mol. The summed E-state index contributed by atoms with van der Waals surface area (Å²) in [5.74, 6) is 1.59. The highest BCUT2D eigenvalue weighted by Crippen LogP contribution is 2.39. The molecule has 3 saturated heterocycles.